The van der Waals surface area contributed by atoms with Gasteiger partial charge in [0, 0.05) is 16.5 Å². The molecule has 0 radical (unpaired) electrons. The Balaban J connectivity index is 2.40. The fourth-order valence-electron chi connectivity index (χ4n) is 1.99. The van der Waals surface area contributed by atoms with Crippen LogP contribution >= 0.6 is 11.8 Å². The lowest BCUT2D eigenvalue weighted by Crippen LogP contribution is -2.14. The quantitative estimate of drug-likeness (QED) is 0.485. The van der Waals surface area contributed by atoms with Gasteiger partial charge in [0.05, 0.1) is 15.5 Å². The zero-order valence-electron chi connectivity index (χ0n) is 12.6. The number of nitro groups is 1. The van der Waals surface area contributed by atoms with E-state index < -0.39 is 14.9 Å². The number of anilines is 1. The van der Waals surface area contributed by atoms with Crippen molar-refractivity contribution in [2.24, 2.45) is 0 Å². The average Bonchev–Trinajstić information content (AvgIpc) is 2.49. The minimum atomic E-state index is -3.89. The van der Waals surface area contributed by atoms with Crippen LogP contribution < -0.4 is 4.72 Å². The third-order valence-electron chi connectivity index (χ3n) is 3.12. The van der Waals surface area contributed by atoms with Crippen molar-refractivity contribution in [1.29, 1.82) is 0 Å². The first-order chi connectivity index (χ1) is 10.8. The summed E-state index contributed by atoms with van der Waals surface area (Å²) in [5, 5.41) is 11.0. The van der Waals surface area contributed by atoms with Crippen LogP contribution in [0.3, 0.4) is 0 Å². The molecule has 0 heterocycles. The summed E-state index contributed by atoms with van der Waals surface area (Å²) in [6.45, 7) is 3.54. The lowest BCUT2D eigenvalue weighted by atomic mass is 10.2. The fourth-order valence-corrected chi connectivity index (χ4v) is 3.91. The molecule has 0 aliphatic heterocycles. The van der Waals surface area contributed by atoms with Crippen LogP contribution in [0, 0.1) is 17.0 Å². The summed E-state index contributed by atoms with van der Waals surface area (Å²) in [6, 6.07) is 10.9. The molecule has 0 spiro atoms. The molecule has 0 fully saturated rings. The molecule has 23 heavy (non-hydrogen) atoms. The first kappa shape index (κ1) is 17.3. The lowest BCUT2D eigenvalue weighted by molar-refractivity contribution is -0.385. The van der Waals surface area contributed by atoms with Crippen molar-refractivity contribution in [3.05, 3.63) is 58.1 Å². The smallest absolute Gasteiger partial charge is 0.273 e. The number of para-hydroxylation sites is 1. The van der Waals surface area contributed by atoms with Gasteiger partial charge in [-0.15, -0.1) is 11.8 Å². The van der Waals surface area contributed by atoms with Crippen LogP contribution in [0.5, 0.6) is 0 Å². The molecule has 1 N–H and O–H groups in total. The first-order valence-electron chi connectivity index (χ1n) is 6.85. The third-order valence-corrected chi connectivity index (χ3v) is 5.44. The van der Waals surface area contributed by atoms with E-state index in [2.05, 4.69) is 4.72 Å². The fraction of sp³-hybridized carbons (Fsp3) is 0.200. The molecule has 6 nitrogen and oxygen atoms in total. The predicted octanol–water partition coefficient (Wildman–Crippen LogP) is 3.82. The molecule has 0 atom stereocenters. The molecule has 122 valence electrons. The summed E-state index contributed by atoms with van der Waals surface area (Å²) in [4.78, 5) is 11.1. The van der Waals surface area contributed by atoms with Gasteiger partial charge in [-0.1, -0.05) is 25.1 Å². The molecular weight excluding hydrogens is 336 g/mol. The number of nitrogens with one attached hydrogen (secondary N) is 1. The van der Waals surface area contributed by atoms with Crippen LogP contribution in [0.2, 0.25) is 0 Å². The van der Waals surface area contributed by atoms with E-state index in [9.17, 15) is 18.5 Å². The highest BCUT2D eigenvalue weighted by Gasteiger charge is 2.20. The first-order valence-corrected chi connectivity index (χ1v) is 9.31. The maximum Gasteiger partial charge on any atom is 0.273 e. The van der Waals surface area contributed by atoms with Crippen LogP contribution in [0.25, 0.3) is 0 Å². The minimum Gasteiger partial charge on any atom is -0.278 e. The van der Waals surface area contributed by atoms with Crippen LogP contribution in [-0.2, 0) is 10.0 Å². The van der Waals surface area contributed by atoms with Crippen LogP contribution in [0.1, 0.15) is 12.5 Å². The zero-order valence-corrected chi connectivity index (χ0v) is 14.3. The number of hydrogen-bond donors (Lipinski definition) is 1. The summed E-state index contributed by atoms with van der Waals surface area (Å²) >= 11 is 1.51. The Kier molecular flexibility index (Phi) is 5.27. The van der Waals surface area contributed by atoms with E-state index in [0.29, 0.717) is 11.3 Å². The molecule has 2 rings (SSSR count). The van der Waals surface area contributed by atoms with E-state index in [1.807, 2.05) is 19.1 Å². The Bertz CT molecular complexity index is 835. The number of nitrogens with zero attached hydrogens (tertiary/aromatic N) is 1. The topological polar surface area (TPSA) is 89.3 Å². The molecule has 0 unspecified atom stereocenters. The summed E-state index contributed by atoms with van der Waals surface area (Å²) in [6.07, 6.45) is 0. The van der Waals surface area contributed by atoms with Crippen molar-refractivity contribution in [3.63, 3.8) is 0 Å². The van der Waals surface area contributed by atoms with Gasteiger partial charge in [0.1, 0.15) is 0 Å². The van der Waals surface area contributed by atoms with E-state index in [0.717, 1.165) is 16.7 Å². The zero-order chi connectivity index (χ0) is 17.0. The van der Waals surface area contributed by atoms with Gasteiger partial charge < -0.3 is 0 Å². The highest BCUT2D eigenvalue weighted by atomic mass is 32.2. The number of nitro benzene ring substituents is 1. The molecule has 0 amide bonds. The van der Waals surface area contributed by atoms with Crippen molar-refractivity contribution < 1.29 is 13.3 Å². The lowest BCUT2D eigenvalue weighted by Gasteiger charge is -2.12. The van der Waals surface area contributed by atoms with Crippen LogP contribution in [0.15, 0.2) is 52.3 Å². The van der Waals surface area contributed by atoms with Gasteiger partial charge in [0.2, 0.25) is 0 Å². The number of thioether (sulfide) groups is 1. The number of hydrogen-bond acceptors (Lipinski definition) is 5. The Hall–Kier alpha value is -2.06. The number of rotatable bonds is 6. The van der Waals surface area contributed by atoms with E-state index in [-0.39, 0.29) is 10.6 Å². The molecule has 2 aromatic rings. The van der Waals surface area contributed by atoms with Crippen molar-refractivity contribution in [2.75, 3.05) is 10.5 Å². The largest absolute Gasteiger partial charge is 0.278 e. The molecule has 2 aromatic carbocycles. The molecule has 0 bridgehead atoms. The maximum absolute atomic E-state index is 12.5. The highest BCUT2D eigenvalue weighted by molar-refractivity contribution is 7.99. The number of benzene rings is 2. The second kappa shape index (κ2) is 7.01. The summed E-state index contributed by atoms with van der Waals surface area (Å²) in [5.74, 6) is 0.800. The van der Waals surface area contributed by atoms with E-state index >= 15 is 0 Å². The molecular formula is C15H16N2O4S2. The Morgan fingerprint density at radius 3 is 2.57 bits per heavy atom. The van der Waals surface area contributed by atoms with Gasteiger partial charge in [0.15, 0.2) is 0 Å². The van der Waals surface area contributed by atoms with Crippen molar-refractivity contribution in [1.82, 2.24) is 0 Å². The Morgan fingerprint density at radius 1 is 1.22 bits per heavy atom. The summed E-state index contributed by atoms with van der Waals surface area (Å²) < 4.78 is 27.5. The second-order valence-corrected chi connectivity index (χ2v) is 7.73. The monoisotopic (exact) mass is 352 g/mol. The number of sulfonamides is 1. The third kappa shape index (κ3) is 4.02. The second-order valence-electron chi connectivity index (χ2n) is 4.74. The van der Waals surface area contributed by atoms with E-state index in [1.165, 1.54) is 23.9 Å². The van der Waals surface area contributed by atoms with E-state index in [4.69, 9.17) is 0 Å². The number of aryl methyl sites for hydroxylation is 1. The molecule has 0 saturated carbocycles. The van der Waals surface area contributed by atoms with Gasteiger partial charge in [0.25, 0.3) is 15.7 Å². The van der Waals surface area contributed by atoms with Crippen LogP contribution in [-0.4, -0.2) is 19.1 Å². The molecule has 0 aromatic heterocycles. The molecule has 8 heteroatoms. The molecule has 0 aliphatic rings. The van der Waals surface area contributed by atoms with Crippen molar-refractivity contribution in [3.8, 4) is 0 Å². The van der Waals surface area contributed by atoms with Crippen molar-refractivity contribution >= 4 is 33.2 Å². The predicted molar refractivity (Wildman–Crippen MR) is 91.5 cm³/mol. The average molecular weight is 352 g/mol. The standard InChI is InChI=1S/C15H16N2O4S2/c1-3-22-15-7-5-4-6-13(15)16-23(20,21)12-9-8-11(2)14(10-12)17(18)19/h4-10,16H,3H2,1-2H3. The van der Waals surface area contributed by atoms with Gasteiger partial charge in [-0.2, -0.15) is 0 Å². The minimum absolute atomic E-state index is 0.133. The maximum atomic E-state index is 12.5. The van der Waals surface area contributed by atoms with Crippen molar-refractivity contribution in [2.45, 2.75) is 23.6 Å². The Morgan fingerprint density at radius 2 is 1.91 bits per heavy atom. The van der Waals surface area contributed by atoms with E-state index in [1.54, 1.807) is 19.1 Å². The summed E-state index contributed by atoms with van der Waals surface area (Å²) in [5.41, 5.74) is 0.655. The van der Waals surface area contributed by atoms with Crippen LogP contribution in [0.4, 0.5) is 11.4 Å². The Labute approximate surface area is 139 Å². The van der Waals surface area contributed by atoms with Gasteiger partial charge in [-0.3, -0.25) is 14.8 Å². The molecule has 0 saturated heterocycles. The van der Waals surface area contributed by atoms with Gasteiger partial charge >= 0.3 is 0 Å². The summed E-state index contributed by atoms with van der Waals surface area (Å²) in [7, 11) is -3.89. The normalized spacial score (nSPS) is 11.2. The molecule has 0 aliphatic carbocycles. The highest BCUT2D eigenvalue weighted by Crippen LogP contribution is 2.29. The SMILES string of the molecule is CCSc1ccccc1NS(=O)(=O)c1ccc(C)c([N+](=O)[O-])c1. The van der Waals surface area contributed by atoms with Gasteiger partial charge in [-0.05, 0) is 30.9 Å². The van der Waals surface area contributed by atoms with Gasteiger partial charge in [-0.25, -0.2) is 8.42 Å².